The number of rotatable bonds is 5. The molecule has 3 fully saturated rings. The van der Waals surface area contributed by atoms with E-state index in [4.69, 9.17) is 4.52 Å². The Kier molecular flexibility index (Phi) is 5.00. The number of phenols is 1. The molecule has 3 aliphatic heterocycles. The van der Waals surface area contributed by atoms with Crippen LogP contribution in [0.15, 0.2) is 40.9 Å². The lowest BCUT2D eigenvalue weighted by Crippen LogP contribution is -2.57. The number of nitrogens with one attached hydrogen (secondary N) is 1. The standard InChI is InChI=1S/C28H32N6O3/c1-16(2)7-21-10-25(32-37-21)33-14-20-9-19(33)15-34(20)27(36)18-12-28(13-18)11-17-8-23(30-31-26(17)29-28)22-5-3-4-6-24(22)35/h3-6,8,10,16,18-20,35H,7,9,11-15H2,1-2H3,(H,29,31)/t18-,19-,20-,28-/m0/s1. The van der Waals surface area contributed by atoms with Crippen LogP contribution in [0.5, 0.6) is 5.75 Å². The fraction of sp³-hybridized carbons (Fsp3) is 0.500. The first-order chi connectivity index (χ1) is 17.9. The van der Waals surface area contributed by atoms with Gasteiger partial charge in [0.15, 0.2) is 11.6 Å². The van der Waals surface area contributed by atoms with Crippen LogP contribution in [-0.2, 0) is 17.6 Å². The van der Waals surface area contributed by atoms with Gasteiger partial charge in [-0.1, -0.05) is 31.1 Å². The van der Waals surface area contributed by atoms with Crippen LogP contribution in [0.2, 0.25) is 0 Å². The Morgan fingerprint density at radius 1 is 1.19 bits per heavy atom. The van der Waals surface area contributed by atoms with Crippen LogP contribution in [0.3, 0.4) is 0 Å². The van der Waals surface area contributed by atoms with Crippen LogP contribution in [0.4, 0.5) is 11.6 Å². The van der Waals surface area contributed by atoms with Gasteiger partial charge >= 0.3 is 0 Å². The van der Waals surface area contributed by atoms with E-state index in [1.54, 1.807) is 12.1 Å². The lowest BCUT2D eigenvalue weighted by atomic mass is 9.66. The van der Waals surface area contributed by atoms with E-state index in [2.05, 4.69) is 50.4 Å². The Hall–Kier alpha value is -3.62. The number of phenolic OH excluding ortho intramolecular Hbond substituents is 1. The van der Waals surface area contributed by atoms with Crippen molar-refractivity contribution in [1.29, 1.82) is 0 Å². The molecule has 192 valence electrons. The van der Waals surface area contributed by atoms with Crippen molar-refractivity contribution in [2.75, 3.05) is 23.3 Å². The summed E-state index contributed by atoms with van der Waals surface area (Å²) in [5.74, 6) is 3.71. The third kappa shape index (κ3) is 3.74. The zero-order chi connectivity index (χ0) is 25.3. The number of anilines is 2. The van der Waals surface area contributed by atoms with E-state index in [1.807, 2.05) is 18.2 Å². The van der Waals surface area contributed by atoms with Crippen molar-refractivity contribution in [3.05, 3.63) is 47.7 Å². The Balaban J connectivity index is 0.975. The van der Waals surface area contributed by atoms with Crippen LogP contribution in [0.25, 0.3) is 11.3 Å². The van der Waals surface area contributed by atoms with Crippen molar-refractivity contribution >= 4 is 17.5 Å². The minimum atomic E-state index is -0.118. The molecule has 2 atom stereocenters. The van der Waals surface area contributed by atoms with E-state index < -0.39 is 0 Å². The van der Waals surface area contributed by atoms with Gasteiger partial charge in [-0.25, -0.2) is 0 Å². The third-order valence-electron chi connectivity index (χ3n) is 8.56. The number of nitrogens with zero attached hydrogens (tertiary/aromatic N) is 5. The molecule has 1 amide bonds. The maximum absolute atomic E-state index is 13.5. The monoisotopic (exact) mass is 500 g/mol. The van der Waals surface area contributed by atoms with Crippen molar-refractivity contribution in [2.45, 2.75) is 63.6 Å². The Morgan fingerprint density at radius 2 is 2.03 bits per heavy atom. The molecule has 2 saturated heterocycles. The number of carbonyl (C=O) groups is 1. The third-order valence-corrected chi connectivity index (χ3v) is 8.56. The topological polar surface area (TPSA) is 108 Å². The first-order valence-electron chi connectivity index (χ1n) is 13.3. The summed E-state index contributed by atoms with van der Waals surface area (Å²) in [6, 6.07) is 11.8. The zero-order valence-electron chi connectivity index (χ0n) is 21.2. The lowest BCUT2D eigenvalue weighted by molar-refractivity contribution is -0.141. The SMILES string of the molecule is CC(C)Cc1cc(N2C[C@@H]3C[C@H]2CN3C(=O)[C@H]2C[C@@]3(Cc4cc(-c5ccccc5O)nnc4N3)C2)no1. The molecular weight excluding hydrogens is 468 g/mol. The van der Waals surface area contributed by atoms with Crippen LogP contribution < -0.4 is 10.2 Å². The van der Waals surface area contributed by atoms with Gasteiger partial charge in [-0.15, -0.1) is 10.2 Å². The minimum Gasteiger partial charge on any atom is -0.507 e. The molecule has 4 aliphatic rings. The molecular formula is C28H32N6O3. The minimum absolute atomic E-state index is 0.0462. The molecule has 37 heavy (non-hydrogen) atoms. The van der Waals surface area contributed by atoms with Crippen LogP contribution in [-0.4, -0.2) is 62.0 Å². The second-order valence-corrected chi connectivity index (χ2v) is 11.7. The lowest BCUT2D eigenvalue weighted by Gasteiger charge is -2.47. The Labute approximate surface area is 215 Å². The number of aromatic hydroxyl groups is 1. The van der Waals surface area contributed by atoms with Gasteiger partial charge in [0, 0.05) is 48.2 Å². The van der Waals surface area contributed by atoms with E-state index in [-0.39, 0.29) is 29.2 Å². The maximum atomic E-state index is 13.5. The maximum Gasteiger partial charge on any atom is 0.226 e. The van der Waals surface area contributed by atoms with E-state index in [0.29, 0.717) is 23.2 Å². The fourth-order valence-corrected chi connectivity index (χ4v) is 6.84. The molecule has 0 unspecified atom stereocenters. The van der Waals surface area contributed by atoms with Gasteiger partial charge in [0.25, 0.3) is 0 Å². The second kappa shape index (κ2) is 8.19. The molecule has 2 aromatic heterocycles. The predicted octanol–water partition coefficient (Wildman–Crippen LogP) is 3.64. The molecule has 2 bridgehead atoms. The summed E-state index contributed by atoms with van der Waals surface area (Å²) in [6.45, 7) is 5.95. The number of hydrogen-bond donors (Lipinski definition) is 2. The molecule has 5 heterocycles. The first kappa shape index (κ1) is 22.6. The number of aromatic nitrogens is 3. The van der Waals surface area contributed by atoms with Gasteiger partial charge in [0.05, 0.1) is 17.8 Å². The van der Waals surface area contributed by atoms with Crippen molar-refractivity contribution in [1.82, 2.24) is 20.3 Å². The van der Waals surface area contributed by atoms with Crippen molar-refractivity contribution in [3.8, 4) is 17.0 Å². The number of carbonyl (C=O) groups excluding carboxylic acids is 1. The largest absolute Gasteiger partial charge is 0.507 e. The quantitative estimate of drug-likeness (QED) is 0.547. The highest BCUT2D eigenvalue weighted by atomic mass is 16.5. The highest BCUT2D eigenvalue weighted by Crippen LogP contribution is 2.49. The van der Waals surface area contributed by atoms with Gasteiger partial charge in [0.2, 0.25) is 5.91 Å². The Bertz CT molecular complexity index is 1360. The summed E-state index contributed by atoms with van der Waals surface area (Å²) in [7, 11) is 0. The van der Waals surface area contributed by atoms with Crippen LogP contribution in [0, 0.1) is 11.8 Å². The van der Waals surface area contributed by atoms with Crippen LogP contribution in [0.1, 0.15) is 44.4 Å². The van der Waals surface area contributed by atoms with Crippen molar-refractivity contribution in [2.24, 2.45) is 11.8 Å². The summed E-state index contributed by atoms with van der Waals surface area (Å²) < 4.78 is 5.55. The molecule has 0 radical (unpaired) electrons. The number of benzene rings is 1. The Morgan fingerprint density at radius 3 is 2.78 bits per heavy atom. The van der Waals surface area contributed by atoms with Crippen molar-refractivity contribution in [3.63, 3.8) is 0 Å². The average Bonchev–Trinajstić information content (AvgIpc) is 3.63. The number of piperazine rings is 1. The van der Waals surface area contributed by atoms with Gasteiger partial charge in [-0.3, -0.25) is 4.79 Å². The predicted molar refractivity (Wildman–Crippen MR) is 138 cm³/mol. The number of para-hydroxylation sites is 1. The number of hydrogen-bond acceptors (Lipinski definition) is 8. The molecule has 1 aliphatic carbocycles. The molecule has 9 nitrogen and oxygen atoms in total. The summed E-state index contributed by atoms with van der Waals surface area (Å²) in [5.41, 5.74) is 2.33. The first-order valence-corrected chi connectivity index (χ1v) is 13.3. The molecule has 1 spiro atoms. The summed E-state index contributed by atoms with van der Waals surface area (Å²) in [4.78, 5) is 17.9. The highest BCUT2D eigenvalue weighted by molar-refractivity contribution is 5.82. The average molecular weight is 501 g/mol. The van der Waals surface area contributed by atoms with Gasteiger partial charge in [0.1, 0.15) is 11.5 Å². The van der Waals surface area contributed by atoms with Crippen LogP contribution >= 0.6 is 0 Å². The molecule has 1 saturated carbocycles. The number of likely N-dealkylation sites (tertiary alicyclic amines) is 1. The zero-order valence-corrected chi connectivity index (χ0v) is 21.2. The summed E-state index contributed by atoms with van der Waals surface area (Å²) >= 11 is 0. The molecule has 2 N–H and O–H groups in total. The summed E-state index contributed by atoms with van der Waals surface area (Å²) in [5, 5.41) is 26.8. The van der Waals surface area contributed by atoms with E-state index in [9.17, 15) is 9.90 Å². The summed E-state index contributed by atoms with van der Waals surface area (Å²) in [6.07, 6.45) is 4.35. The second-order valence-electron chi connectivity index (χ2n) is 11.7. The molecule has 3 aromatic rings. The highest BCUT2D eigenvalue weighted by Gasteiger charge is 2.55. The van der Waals surface area contributed by atoms with Gasteiger partial charge in [-0.2, -0.15) is 0 Å². The van der Waals surface area contributed by atoms with E-state index in [0.717, 1.165) is 68.2 Å². The number of amides is 1. The fourth-order valence-electron chi connectivity index (χ4n) is 6.84. The molecule has 9 heteroatoms. The molecule has 7 rings (SSSR count). The molecule has 1 aromatic carbocycles. The smallest absolute Gasteiger partial charge is 0.226 e. The number of fused-ring (bicyclic) bond motifs is 3. The normalized spacial score (nSPS) is 27.6. The van der Waals surface area contributed by atoms with E-state index >= 15 is 0 Å². The van der Waals surface area contributed by atoms with Crippen molar-refractivity contribution < 1.29 is 14.4 Å². The van der Waals surface area contributed by atoms with Gasteiger partial charge in [-0.05, 0) is 49.8 Å². The van der Waals surface area contributed by atoms with E-state index in [1.165, 1.54) is 0 Å². The van der Waals surface area contributed by atoms with Gasteiger partial charge < -0.3 is 24.7 Å².